The minimum absolute atomic E-state index is 0.0334. The maximum atomic E-state index is 12.2. The zero-order chi connectivity index (χ0) is 28.7. The van der Waals surface area contributed by atoms with Gasteiger partial charge in [-0.2, -0.15) is 0 Å². The number of hydrogen-bond acceptors (Lipinski definition) is 8. The summed E-state index contributed by atoms with van der Waals surface area (Å²) < 4.78 is 34.2. The molecule has 0 aliphatic carbocycles. The number of rotatable bonds is 10. The fourth-order valence-corrected chi connectivity index (χ4v) is 4.64. The Balaban J connectivity index is 1.61. The lowest BCUT2D eigenvalue weighted by atomic mass is 10.1. The molecule has 1 atom stereocenters. The maximum Gasteiger partial charge on any atom is 0.345 e. The monoisotopic (exact) mass is 610 g/mol. The Morgan fingerprint density at radius 1 is 0.925 bits per heavy atom. The molecule has 0 aromatic heterocycles. The van der Waals surface area contributed by atoms with Crippen LogP contribution in [-0.4, -0.2) is 44.7 Å². The van der Waals surface area contributed by atoms with Crippen molar-refractivity contribution in [3.8, 4) is 17.2 Å². The predicted molar refractivity (Wildman–Crippen MR) is 152 cm³/mol. The molecular weight excluding hydrogens is 580 g/mol. The van der Waals surface area contributed by atoms with Crippen LogP contribution < -0.4 is 9.47 Å². The second-order valence-electron chi connectivity index (χ2n) is 9.54. The molecule has 1 unspecified atom stereocenters. The zero-order valence-corrected chi connectivity index (χ0v) is 24.4. The number of halogens is 1. The van der Waals surface area contributed by atoms with Crippen LogP contribution in [0, 0.1) is 0 Å². The van der Waals surface area contributed by atoms with E-state index in [4.69, 9.17) is 28.4 Å². The second kappa shape index (κ2) is 13.1. The van der Waals surface area contributed by atoms with Crippen molar-refractivity contribution in [2.45, 2.75) is 38.8 Å². The van der Waals surface area contributed by atoms with Crippen LogP contribution in [0.2, 0.25) is 0 Å². The number of carbonyl (C=O) groups is 2. The average molecular weight is 611 g/mol. The molecule has 0 spiro atoms. The van der Waals surface area contributed by atoms with Crippen LogP contribution in [-0.2, 0) is 41.6 Å². The molecule has 1 aliphatic rings. The minimum atomic E-state index is -0.808. The third-order valence-corrected chi connectivity index (χ3v) is 6.69. The van der Waals surface area contributed by atoms with Crippen LogP contribution in [0.15, 0.2) is 76.8 Å². The number of ether oxygens (including phenoxy) is 6. The SMILES string of the molecule is COC(=O)C(=Cc1ccc(OCc2ccccc2)c(Oc2ccc(CC3COC(C)(C)O3)cc2Br)c1)C(=O)OC. The average Bonchev–Trinajstić information content (AvgIpc) is 3.30. The lowest BCUT2D eigenvalue weighted by Crippen LogP contribution is -2.22. The Kier molecular flexibility index (Phi) is 9.63. The van der Waals surface area contributed by atoms with Crippen LogP contribution in [0.3, 0.4) is 0 Å². The molecule has 0 radical (unpaired) electrons. The van der Waals surface area contributed by atoms with Gasteiger partial charge in [0.15, 0.2) is 17.3 Å². The molecule has 0 amide bonds. The van der Waals surface area contributed by atoms with E-state index in [0.29, 0.717) is 42.4 Å². The van der Waals surface area contributed by atoms with Crippen LogP contribution in [0.5, 0.6) is 17.2 Å². The molecule has 3 aromatic carbocycles. The van der Waals surface area contributed by atoms with E-state index in [0.717, 1.165) is 15.6 Å². The van der Waals surface area contributed by atoms with Gasteiger partial charge in [0.05, 0.1) is 31.4 Å². The summed E-state index contributed by atoms with van der Waals surface area (Å²) in [6.07, 6.45) is 2.04. The highest BCUT2D eigenvalue weighted by Crippen LogP contribution is 2.38. The second-order valence-corrected chi connectivity index (χ2v) is 10.4. The van der Waals surface area contributed by atoms with Gasteiger partial charge in [0.2, 0.25) is 0 Å². The molecule has 0 N–H and O–H groups in total. The first-order valence-corrected chi connectivity index (χ1v) is 13.4. The summed E-state index contributed by atoms with van der Waals surface area (Å²) in [4.78, 5) is 24.4. The fourth-order valence-electron chi connectivity index (χ4n) is 4.14. The Morgan fingerprint density at radius 2 is 1.62 bits per heavy atom. The molecular formula is C31H31BrO8. The van der Waals surface area contributed by atoms with Gasteiger partial charge in [0.1, 0.15) is 17.9 Å². The van der Waals surface area contributed by atoms with E-state index in [2.05, 4.69) is 15.9 Å². The summed E-state index contributed by atoms with van der Waals surface area (Å²) in [6.45, 7) is 4.66. The van der Waals surface area contributed by atoms with Gasteiger partial charge < -0.3 is 28.4 Å². The number of esters is 2. The minimum Gasteiger partial charge on any atom is -0.485 e. The van der Waals surface area contributed by atoms with Gasteiger partial charge in [0.25, 0.3) is 0 Å². The molecule has 4 rings (SSSR count). The summed E-state index contributed by atoms with van der Waals surface area (Å²) in [5.41, 5.74) is 2.31. The maximum absolute atomic E-state index is 12.2. The van der Waals surface area contributed by atoms with Gasteiger partial charge in [-0.25, -0.2) is 9.59 Å². The summed E-state index contributed by atoms with van der Waals surface area (Å²) >= 11 is 3.62. The van der Waals surface area contributed by atoms with E-state index in [9.17, 15) is 9.59 Å². The van der Waals surface area contributed by atoms with Crippen molar-refractivity contribution in [1.29, 1.82) is 0 Å². The van der Waals surface area contributed by atoms with Gasteiger partial charge in [-0.1, -0.05) is 42.5 Å². The number of methoxy groups -OCH3 is 2. The Bertz CT molecular complexity index is 1370. The summed E-state index contributed by atoms with van der Waals surface area (Å²) in [5, 5.41) is 0. The van der Waals surface area contributed by atoms with E-state index >= 15 is 0 Å². The Morgan fingerprint density at radius 3 is 2.25 bits per heavy atom. The highest BCUT2D eigenvalue weighted by Gasteiger charge is 2.32. The standard InChI is InChI=1S/C31H31BrO8/c1-31(2)38-19-23(40-31)14-21-10-12-26(25(32)16-21)39-28-17-22(15-24(29(33)35-3)30(34)36-4)11-13-27(28)37-18-20-8-6-5-7-9-20/h5-13,15-17,23H,14,18-19H2,1-4H3. The van der Waals surface area contributed by atoms with E-state index in [-0.39, 0.29) is 11.7 Å². The third kappa shape index (κ3) is 7.71. The fraction of sp³-hybridized carbons (Fsp3) is 0.290. The highest BCUT2D eigenvalue weighted by molar-refractivity contribution is 9.10. The molecule has 1 saturated heterocycles. The molecule has 8 nitrogen and oxygen atoms in total. The largest absolute Gasteiger partial charge is 0.485 e. The lowest BCUT2D eigenvalue weighted by molar-refractivity contribution is -0.144. The van der Waals surface area contributed by atoms with Crippen molar-refractivity contribution in [3.63, 3.8) is 0 Å². The van der Waals surface area contributed by atoms with Crippen molar-refractivity contribution in [3.05, 3.63) is 93.5 Å². The van der Waals surface area contributed by atoms with Crippen molar-refractivity contribution < 1.29 is 38.0 Å². The quantitative estimate of drug-likeness (QED) is 0.115. The Hall–Kier alpha value is -3.66. The smallest absolute Gasteiger partial charge is 0.345 e. The summed E-state index contributed by atoms with van der Waals surface area (Å²) in [6, 6.07) is 20.7. The number of hydrogen-bond donors (Lipinski definition) is 0. The molecule has 0 bridgehead atoms. The number of carbonyl (C=O) groups excluding carboxylic acids is 2. The topological polar surface area (TPSA) is 89.5 Å². The van der Waals surface area contributed by atoms with Gasteiger partial charge in [0, 0.05) is 6.42 Å². The highest BCUT2D eigenvalue weighted by atomic mass is 79.9. The van der Waals surface area contributed by atoms with Crippen molar-refractivity contribution in [2.24, 2.45) is 0 Å². The molecule has 1 aliphatic heterocycles. The molecule has 1 heterocycles. The lowest BCUT2D eigenvalue weighted by Gasteiger charge is -2.17. The third-order valence-electron chi connectivity index (χ3n) is 6.07. The molecule has 0 saturated carbocycles. The van der Waals surface area contributed by atoms with Gasteiger partial charge >= 0.3 is 11.9 Å². The summed E-state index contributed by atoms with van der Waals surface area (Å²) in [7, 11) is 2.39. The zero-order valence-electron chi connectivity index (χ0n) is 22.8. The molecule has 1 fully saturated rings. The van der Waals surface area contributed by atoms with Crippen molar-refractivity contribution in [1.82, 2.24) is 0 Å². The van der Waals surface area contributed by atoms with Crippen molar-refractivity contribution in [2.75, 3.05) is 20.8 Å². The van der Waals surface area contributed by atoms with Crippen LogP contribution in [0.1, 0.15) is 30.5 Å². The van der Waals surface area contributed by atoms with Crippen molar-refractivity contribution >= 4 is 33.9 Å². The molecule has 9 heteroatoms. The molecule has 40 heavy (non-hydrogen) atoms. The number of benzene rings is 3. The Labute approximate surface area is 241 Å². The van der Waals surface area contributed by atoms with E-state index < -0.39 is 17.7 Å². The van der Waals surface area contributed by atoms with Crippen LogP contribution >= 0.6 is 15.9 Å². The first-order valence-electron chi connectivity index (χ1n) is 12.6. The normalized spacial score (nSPS) is 15.7. The first-order chi connectivity index (χ1) is 19.2. The summed E-state index contributed by atoms with van der Waals surface area (Å²) in [5.74, 6) is -0.772. The van der Waals surface area contributed by atoms with E-state index in [1.807, 2.05) is 62.4 Å². The van der Waals surface area contributed by atoms with E-state index in [1.54, 1.807) is 18.2 Å². The molecule has 3 aromatic rings. The van der Waals surface area contributed by atoms with E-state index in [1.165, 1.54) is 20.3 Å². The van der Waals surface area contributed by atoms with Gasteiger partial charge in [-0.05, 0) is 76.8 Å². The predicted octanol–water partition coefficient (Wildman–Crippen LogP) is 6.24. The molecule has 210 valence electrons. The van der Waals surface area contributed by atoms with Gasteiger partial charge in [-0.3, -0.25) is 0 Å². The van der Waals surface area contributed by atoms with Crippen LogP contribution in [0.4, 0.5) is 0 Å². The first kappa shape index (κ1) is 29.3. The van der Waals surface area contributed by atoms with Gasteiger partial charge in [-0.15, -0.1) is 0 Å². The van der Waals surface area contributed by atoms with Crippen LogP contribution in [0.25, 0.3) is 6.08 Å².